The molecular weight excluding hydrogens is 184 g/mol. The second-order valence-corrected chi connectivity index (χ2v) is 3.15. The van der Waals surface area contributed by atoms with Crippen LogP contribution in [0.4, 0.5) is 0 Å². The van der Waals surface area contributed by atoms with E-state index in [9.17, 15) is 9.59 Å². The zero-order valence-corrected chi connectivity index (χ0v) is 7.49. The minimum atomic E-state index is -0.593. The zero-order chi connectivity index (χ0) is 10.1. The van der Waals surface area contributed by atoms with Crippen molar-refractivity contribution in [3.05, 3.63) is 27.9 Å². The molecule has 0 saturated carbocycles. The van der Waals surface area contributed by atoms with E-state index >= 15 is 0 Å². The number of carbonyl (C=O) groups excluding carboxylic acids is 1. The van der Waals surface area contributed by atoms with Gasteiger partial charge in [-0.25, -0.2) is 5.84 Å². The average Bonchev–Trinajstić information content (AvgIpc) is 2.62. The minimum absolute atomic E-state index is 0.00171. The molecule has 1 aliphatic rings. The maximum atomic E-state index is 11.3. The molecule has 0 bridgehead atoms. The summed E-state index contributed by atoms with van der Waals surface area (Å²) >= 11 is 0. The number of fused-ring (bicyclic) bond motifs is 1. The highest BCUT2D eigenvalue weighted by Gasteiger charge is 2.16. The first-order chi connectivity index (χ1) is 6.72. The van der Waals surface area contributed by atoms with Crippen LogP contribution < -0.4 is 16.8 Å². The van der Waals surface area contributed by atoms with Crippen LogP contribution in [0.25, 0.3) is 0 Å². The number of nitrogens with two attached hydrogens (primary N) is 1. The standard InChI is InChI=1S/C8H10N4O2/c9-11-8(14)5-4-12-3-1-2-6(12)10-7(5)13/h4H,1-3,9H2,(H,11,14). The van der Waals surface area contributed by atoms with Crippen molar-refractivity contribution in [2.24, 2.45) is 5.84 Å². The molecule has 1 aliphatic heterocycles. The number of nitrogens with zero attached hydrogens (tertiary/aromatic N) is 2. The van der Waals surface area contributed by atoms with Crippen LogP contribution in [-0.2, 0) is 13.0 Å². The van der Waals surface area contributed by atoms with E-state index in [1.54, 1.807) is 0 Å². The van der Waals surface area contributed by atoms with Gasteiger partial charge in [-0.1, -0.05) is 0 Å². The Balaban J connectivity index is 2.53. The average molecular weight is 194 g/mol. The molecule has 6 heteroatoms. The van der Waals surface area contributed by atoms with Gasteiger partial charge in [-0.2, -0.15) is 4.98 Å². The summed E-state index contributed by atoms with van der Waals surface area (Å²) < 4.78 is 1.81. The molecule has 1 amide bonds. The molecular formula is C8H10N4O2. The molecule has 0 aliphatic carbocycles. The minimum Gasteiger partial charge on any atom is -0.335 e. The van der Waals surface area contributed by atoms with Gasteiger partial charge in [0.15, 0.2) is 0 Å². The van der Waals surface area contributed by atoms with Crippen LogP contribution in [0.5, 0.6) is 0 Å². The lowest BCUT2D eigenvalue weighted by molar-refractivity contribution is 0.0951. The summed E-state index contributed by atoms with van der Waals surface area (Å²) in [4.78, 5) is 26.3. The van der Waals surface area contributed by atoms with Gasteiger partial charge in [0.1, 0.15) is 11.4 Å². The number of nitrogens with one attached hydrogen (secondary N) is 1. The monoisotopic (exact) mass is 194 g/mol. The Labute approximate surface area is 79.7 Å². The molecule has 3 N–H and O–H groups in total. The molecule has 6 nitrogen and oxygen atoms in total. The van der Waals surface area contributed by atoms with Crippen LogP contribution in [0.3, 0.4) is 0 Å². The Morgan fingerprint density at radius 2 is 2.43 bits per heavy atom. The summed E-state index contributed by atoms with van der Waals surface area (Å²) in [5.41, 5.74) is 1.41. The molecule has 74 valence electrons. The van der Waals surface area contributed by atoms with Crippen LogP contribution in [0.2, 0.25) is 0 Å². The maximum absolute atomic E-state index is 11.3. The number of amides is 1. The molecule has 0 spiro atoms. The van der Waals surface area contributed by atoms with E-state index in [2.05, 4.69) is 4.98 Å². The van der Waals surface area contributed by atoms with E-state index in [4.69, 9.17) is 5.84 Å². The summed E-state index contributed by atoms with van der Waals surface area (Å²) in [6, 6.07) is 0. The number of nitrogen functional groups attached to an aromatic ring is 1. The van der Waals surface area contributed by atoms with Gasteiger partial charge < -0.3 is 4.57 Å². The number of hydrogen-bond acceptors (Lipinski definition) is 4. The Kier molecular flexibility index (Phi) is 2.05. The highest BCUT2D eigenvalue weighted by molar-refractivity contribution is 5.93. The molecule has 1 aromatic heterocycles. The summed E-state index contributed by atoms with van der Waals surface area (Å²) in [5.74, 6) is 5.09. The van der Waals surface area contributed by atoms with Crippen molar-refractivity contribution in [1.29, 1.82) is 0 Å². The number of aryl methyl sites for hydroxylation is 2. The van der Waals surface area contributed by atoms with Gasteiger partial charge in [0.25, 0.3) is 11.5 Å². The highest BCUT2D eigenvalue weighted by Crippen LogP contribution is 2.10. The van der Waals surface area contributed by atoms with Crippen molar-refractivity contribution in [3.8, 4) is 0 Å². The van der Waals surface area contributed by atoms with Gasteiger partial charge in [-0.15, -0.1) is 0 Å². The van der Waals surface area contributed by atoms with Gasteiger partial charge in [0, 0.05) is 19.2 Å². The molecule has 14 heavy (non-hydrogen) atoms. The van der Waals surface area contributed by atoms with Crippen LogP contribution in [0, 0.1) is 0 Å². The molecule has 1 aromatic rings. The third-order valence-electron chi connectivity index (χ3n) is 2.25. The van der Waals surface area contributed by atoms with E-state index < -0.39 is 11.5 Å². The largest absolute Gasteiger partial charge is 0.335 e. The van der Waals surface area contributed by atoms with Crippen molar-refractivity contribution in [2.45, 2.75) is 19.4 Å². The normalized spacial score (nSPS) is 13.8. The summed E-state index contributed by atoms with van der Waals surface area (Å²) in [7, 11) is 0. The first kappa shape index (κ1) is 8.89. The van der Waals surface area contributed by atoms with Crippen molar-refractivity contribution in [2.75, 3.05) is 0 Å². The zero-order valence-electron chi connectivity index (χ0n) is 7.49. The summed E-state index contributed by atoms with van der Waals surface area (Å²) in [6.45, 7) is 0.799. The van der Waals surface area contributed by atoms with E-state index in [0.717, 1.165) is 25.2 Å². The third-order valence-corrected chi connectivity index (χ3v) is 2.25. The Bertz CT molecular complexity index is 437. The summed E-state index contributed by atoms with van der Waals surface area (Å²) in [5, 5.41) is 0. The molecule has 0 unspecified atom stereocenters. The first-order valence-electron chi connectivity index (χ1n) is 4.33. The number of carbonyl (C=O) groups is 1. The lowest BCUT2D eigenvalue weighted by Gasteiger charge is -2.04. The number of rotatable bonds is 1. The predicted octanol–water partition coefficient (Wildman–Crippen LogP) is -1.21. The van der Waals surface area contributed by atoms with Crippen molar-refractivity contribution < 1.29 is 4.79 Å². The smallest absolute Gasteiger partial charge is 0.285 e. The first-order valence-corrected chi connectivity index (χ1v) is 4.33. The van der Waals surface area contributed by atoms with E-state index in [1.807, 2.05) is 9.99 Å². The highest BCUT2D eigenvalue weighted by atomic mass is 16.2. The van der Waals surface area contributed by atoms with Gasteiger partial charge >= 0.3 is 0 Å². The number of aromatic nitrogens is 2. The van der Waals surface area contributed by atoms with Crippen LogP contribution >= 0.6 is 0 Å². The van der Waals surface area contributed by atoms with Crippen molar-refractivity contribution in [1.82, 2.24) is 15.0 Å². The Morgan fingerprint density at radius 3 is 3.14 bits per heavy atom. The van der Waals surface area contributed by atoms with Gasteiger partial charge in [-0.3, -0.25) is 15.0 Å². The second kappa shape index (κ2) is 3.22. The van der Waals surface area contributed by atoms with Gasteiger partial charge in [0.05, 0.1) is 0 Å². The topological polar surface area (TPSA) is 90.0 Å². The maximum Gasteiger partial charge on any atom is 0.285 e. The Hall–Kier alpha value is -1.69. The fourth-order valence-electron chi connectivity index (χ4n) is 1.56. The lowest BCUT2D eigenvalue weighted by Crippen LogP contribution is -2.35. The molecule has 0 atom stereocenters. The predicted molar refractivity (Wildman–Crippen MR) is 48.5 cm³/mol. The molecule has 0 aromatic carbocycles. The fourth-order valence-corrected chi connectivity index (χ4v) is 1.56. The van der Waals surface area contributed by atoms with E-state index in [1.165, 1.54) is 6.20 Å². The third kappa shape index (κ3) is 1.29. The second-order valence-electron chi connectivity index (χ2n) is 3.15. The van der Waals surface area contributed by atoms with E-state index in [0.29, 0.717) is 0 Å². The molecule has 0 fully saturated rings. The molecule has 0 radical (unpaired) electrons. The van der Waals surface area contributed by atoms with Gasteiger partial charge in [-0.05, 0) is 6.42 Å². The van der Waals surface area contributed by atoms with Crippen LogP contribution in [0.1, 0.15) is 22.6 Å². The summed E-state index contributed by atoms with van der Waals surface area (Å²) in [6.07, 6.45) is 3.26. The quantitative estimate of drug-likeness (QED) is 0.333. The number of hydrogen-bond donors (Lipinski definition) is 2. The SMILES string of the molecule is NNC(=O)c1cn2c(nc1=O)CCC2. The molecule has 2 rings (SSSR count). The lowest BCUT2D eigenvalue weighted by atomic mass is 10.3. The van der Waals surface area contributed by atoms with Crippen molar-refractivity contribution in [3.63, 3.8) is 0 Å². The molecule has 2 heterocycles. The molecule has 0 saturated heterocycles. The van der Waals surface area contributed by atoms with Gasteiger partial charge in [0.2, 0.25) is 0 Å². The number of hydrazine groups is 1. The fraction of sp³-hybridized carbons (Fsp3) is 0.375. The Morgan fingerprint density at radius 1 is 1.64 bits per heavy atom. The van der Waals surface area contributed by atoms with Crippen LogP contribution in [-0.4, -0.2) is 15.5 Å². The van der Waals surface area contributed by atoms with E-state index in [-0.39, 0.29) is 5.56 Å². The van der Waals surface area contributed by atoms with Crippen molar-refractivity contribution >= 4 is 5.91 Å². The van der Waals surface area contributed by atoms with Crippen LogP contribution in [0.15, 0.2) is 11.0 Å².